The highest BCUT2D eigenvalue weighted by Gasteiger charge is 2.18. The van der Waals surface area contributed by atoms with Crippen LogP contribution in [-0.4, -0.2) is 34.4 Å². The number of sulfone groups is 1. The van der Waals surface area contributed by atoms with Crippen LogP contribution in [0.25, 0.3) is 0 Å². The lowest BCUT2D eigenvalue weighted by Gasteiger charge is -2.07. The molecular formula is C11H15NO5S. The highest BCUT2D eigenvalue weighted by atomic mass is 32.2. The number of nitrogen functional groups attached to an aromatic ring is 1. The first-order valence-corrected chi connectivity index (χ1v) is 6.89. The van der Waals surface area contributed by atoms with Crippen LogP contribution in [0.4, 0.5) is 5.69 Å². The highest BCUT2D eigenvalue weighted by Crippen LogP contribution is 2.23. The summed E-state index contributed by atoms with van der Waals surface area (Å²) in [5.74, 6) is -1.22. The number of ether oxygens (including phenoxy) is 2. The van der Waals surface area contributed by atoms with Crippen molar-refractivity contribution in [2.45, 2.75) is 5.75 Å². The fourth-order valence-electron chi connectivity index (χ4n) is 1.42. The Hall–Kier alpha value is -1.76. The molecule has 0 aliphatic heterocycles. The lowest BCUT2D eigenvalue weighted by Crippen LogP contribution is -2.18. The fourth-order valence-corrected chi connectivity index (χ4v) is 2.68. The van der Waals surface area contributed by atoms with Crippen molar-refractivity contribution in [1.82, 2.24) is 0 Å². The number of methoxy groups -OCH3 is 2. The molecule has 0 fully saturated rings. The van der Waals surface area contributed by atoms with E-state index in [4.69, 9.17) is 10.5 Å². The van der Waals surface area contributed by atoms with Gasteiger partial charge in [-0.3, -0.25) is 4.79 Å². The summed E-state index contributed by atoms with van der Waals surface area (Å²) in [6, 6.07) is 4.68. The largest absolute Gasteiger partial charge is 0.495 e. The predicted molar refractivity (Wildman–Crippen MR) is 66.9 cm³/mol. The van der Waals surface area contributed by atoms with Crippen molar-refractivity contribution < 1.29 is 22.7 Å². The van der Waals surface area contributed by atoms with Crippen molar-refractivity contribution >= 4 is 21.5 Å². The second-order valence-corrected chi connectivity index (χ2v) is 5.75. The molecule has 0 bridgehead atoms. The van der Waals surface area contributed by atoms with Gasteiger partial charge in [-0.05, 0) is 17.7 Å². The molecule has 0 amide bonds. The van der Waals surface area contributed by atoms with Gasteiger partial charge in [-0.15, -0.1) is 0 Å². The Morgan fingerprint density at radius 3 is 2.50 bits per heavy atom. The van der Waals surface area contributed by atoms with Gasteiger partial charge in [0.25, 0.3) is 0 Å². The monoisotopic (exact) mass is 273 g/mol. The van der Waals surface area contributed by atoms with Crippen LogP contribution in [0.5, 0.6) is 5.75 Å². The fraction of sp³-hybridized carbons (Fsp3) is 0.364. The number of nitrogens with two attached hydrogens (primary N) is 1. The maximum Gasteiger partial charge on any atom is 0.320 e. The van der Waals surface area contributed by atoms with E-state index in [0.717, 1.165) is 7.11 Å². The lowest BCUT2D eigenvalue weighted by atomic mass is 10.2. The van der Waals surface area contributed by atoms with Gasteiger partial charge >= 0.3 is 5.97 Å². The van der Waals surface area contributed by atoms with E-state index < -0.39 is 21.6 Å². The molecule has 0 heterocycles. The summed E-state index contributed by atoms with van der Waals surface area (Å²) >= 11 is 0. The summed E-state index contributed by atoms with van der Waals surface area (Å²) in [4.78, 5) is 10.9. The van der Waals surface area contributed by atoms with Gasteiger partial charge in [0.1, 0.15) is 11.5 Å². The standard InChI is InChI=1S/C11H15NO5S/c1-16-10-4-3-8(5-9(10)12)6-18(14,15)7-11(13)17-2/h3-5H,6-7,12H2,1-2H3. The maximum atomic E-state index is 11.7. The molecule has 1 aromatic carbocycles. The van der Waals surface area contributed by atoms with Crippen molar-refractivity contribution in [3.8, 4) is 5.75 Å². The zero-order valence-electron chi connectivity index (χ0n) is 10.2. The summed E-state index contributed by atoms with van der Waals surface area (Å²) < 4.78 is 32.6. The Kier molecular flexibility index (Phi) is 4.55. The molecule has 0 atom stereocenters. The van der Waals surface area contributed by atoms with Crippen LogP contribution in [0.15, 0.2) is 18.2 Å². The Bertz CT molecular complexity index is 538. The molecule has 0 aliphatic carbocycles. The number of rotatable bonds is 5. The maximum absolute atomic E-state index is 11.7. The summed E-state index contributed by atoms with van der Waals surface area (Å²) in [5, 5.41) is 0. The van der Waals surface area contributed by atoms with Crippen molar-refractivity contribution in [3.05, 3.63) is 23.8 Å². The molecule has 1 aromatic rings. The molecule has 1 rings (SSSR count). The normalized spacial score (nSPS) is 11.0. The average Bonchev–Trinajstić information content (AvgIpc) is 2.27. The van der Waals surface area contributed by atoms with Crippen LogP contribution in [0, 0.1) is 0 Å². The molecule has 0 saturated heterocycles. The number of esters is 1. The van der Waals surface area contributed by atoms with E-state index >= 15 is 0 Å². The number of benzene rings is 1. The number of carbonyl (C=O) groups excluding carboxylic acids is 1. The average molecular weight is 273 g/mol. The van der Waals surface area contributed by atoms with Gasteiger partial charge in [-0.1, -0.05) is 6.07 Å². The summed E-state index contributed by atoms with van der Waals surface area (Å²) in [6.45, 7) is 0. The minimum atomic E-state index is -3.55. The van der Waals surface area contributed by atoms with E-state index in [-0.39, 0.29) is 5.75 Å². The highest BCUT2D eigenvalue weighted by molar-refractivity contribution is 7.91. The lowest BCUT2D eigenvalue weighted by molar-refractivity contribution is -0.137. The third-order valence-corrected chi connectivity index (χ3v) is 3.69. The molecule has 6 nitrogen and oxygen atoms in total. The first-order valence-electron chi connectivity index (χ1n) is 5.07. The van der Waals surface area contributed by atoms with E-state index in [1.807, 2.05) is 0 Å². The Labute approximate surface area is 106 Å². The zero-order chi connectivity index (χ0) is 13.8. The van der Waals surface area contributed by atoms with E-state index in [1.165, 1.54) is 13.2 Å². The van der Waals surface area contributed by atoms with Crippen LogP contribution >= 0.6 is 0 Å². The third-order valence-electron chi connectivity index (χ3n) is 2.25. The second-order valence-electron chi connectivity index (χ2n) is 3.68. The van der Waals surface area contributed by atoms with Gasteiger partial charge in [0.15, 0.2) is 9.84 Å². The van der Waals surface area contributed by atoms with E-state index in [1.54, 1.807) is 12.1 Å². The zero-order valence-corrected chi connectivity index (χ0v) is 11.0. The van der Waals surface area contributed by atoms with Crippen LogP contribution in [0.2, 0.25) is 0 Å². The molecule has 7 heteroatoms. The smallest absolute Gasteiger partial charge is 0.320 e. The summed E-state index contributed by atoms with van der Waals surface area (Å²) in [5.41, 5.74) is 6.51. The SMILES string of the molecule is COC(=O)CS(=O)(=O)Cc1ccc(OC)c(N)c1. The quantitative estimate of drug-likeness (QED) is 0.615. The van der Waals surface area contributed by atoms with E-state index in [2.05, 4.69) is 4.74 Å². The summed E-state index contributed by atoms with van der Waals surface area (Å²) in [6.07, 6.45) is 0. The van der Waals surface area contributed by atoms with Gasteiger partial charge in [0, 0.05) is 0 Å². The first-order chi connectivity index (χ1) is 8.38. The van der Waals surface area contributed by atoms with Gasteiger partial charge in [0.2, 0.25) is 0 Å². The van der Waals surface area contributed by atoms with Crippen molar-refractivity contribution in [3.63, 3.8) is 0 Å². The molecule has 18 heavy (non-hydrogen) atoms. The van der Waals surface area contributed by atoms with Crippen molar-refractivity contribution in [2.75, 3.05) is 25.7 Å². The topological polar surface area (TPSA) is 95.7 Å². The van der Waals surface area contributed by atoms with Crippen molar-refractivity contribution in [1.29, 1.82) is 0 Å². The number of hydrogen-bond acceptors (Lipinski definition) is 6. The van der Waals surface area contributed by atoms with Gasteiger partial charge in [-0.25, -0.2) is 8.42 Å². The van der Waals surface area contributed by atoms with Gasteiger partial charge in [-0.2, -0.15) is 0 Å². The molecule has 100 valence electrons. The van der Waals surface area contributed by atoms with Crippen LogP contribution in [0.1, 0.15) is 5.56 Å². The van der Waals surface area contributed by atoms with Crippen LogP contribution < -0.4 is 10.5 Å². The van der Waals surface area contributed by atoms with Crippen LogP contribution in [-0.2, 0) is 25.1 Å². The van der Waals surface area contributed by atoms with Gasteiger partial charge in [0.05, 0.1) is 25.7 Å². The van der Waals surface area contributed by atoms with Crippen LogP contribution in [0.3, 0.4) is 0 Å². The van der Waals surface area contributed by atoms with Crippen molar-refractivity contribution in [2.24, 2.45) is 0 Å². The first kappa shape index (κ1) is 14.3. The Balaban J connectivity index is 2.84. The minimum absolute atomic E-state index is 0.268. The van der Waals surface area contributed by atoms with E-state index in [9.17, 15) is 13.2 Å². The number of hydrogen-bond donors (Lipinski definition) is 1. The van der Waals surface area contributed by atoms with E-state index in [0.29, 0.717) is 17.0 Å². The molecule has 0 spiro atoms. The number of anilines is 1. The Morgan fingerprint density at radius 1 is 1.33 bits per heavy atom. The van der Waals surface area contributed by atoms with Gasteiger partial charge < -0.3 is 15.2 Å². The predicted octanol–water partition coefficient (Wildman–Crippen LogP) is 0.365. The molecule has 0 aromatic heterocycles. The number of carbonyl (C=O) groups is 1. The molecule has 2 N–H and O–H groups in total. The second kappa shape index (κ2) is 5.72. The molecule has 0 radical (unpaired) electrons. The molecule has 0 aliphatic rings. The molecule has 0 saturated carbocycles. The summed E-state index contributed by atoms with van der Waals surface area (Å²) in [7, 11) is -0.940. The third kappa shape index (κ3) is 3.92. The molecule has 0 unspecified atom stereocenters. The minimum Gasteiger partial charge on any atom is -0.495 e. The molecular weight excluding hydrogens is 258 g/mol. The Morgan fingerprint density at radius 2 is 2.00 bits per heavy atom.